The van der Waals surface area contributed by atoms with Gasteiger partial charge in [0, 0.05) is 5.56 Å². The SMILES string of the molecule is CCOc1cc(-c2ccc(C=O)o2)ccc1C=O. The first-order chi connectivity index (χ1) is 8.78. The van der Waals surface area contributed by atoms with Crippen molar-refractivity contribution in [2.75, 3.05) is 6.61 Å². The Morgan fingerprint density at radius 3 is 2.61 bits per heavy atom. The maximum absolute atomic E-state index is 10.9. The zero-order valence-electron chi connectivity index (χ0n) is 9.88. The summed E-state index contributed by atoms with van der Waals surface area (Å²) < 4.78 is 10.7. The van der Waals surface area contributed by atoms with Crippen LogP contribution in [0.1, 0.15) is 27.8 Å². The fourth-order valence-electron chi connectivity index (χ4n) is 1.64. The predicted molar refractivity (Wildman–Crippen MR) is 66.1 cm³/mol. The number of ether oxygens (including phenoxy) is 1. The van der Waals surface area contributed by atoms with Crippen LogP contribution in [0.4, 0.5) is 0 Å². The van der Waals surface area contributed by atoms with Gasteiger partial charge in [-0.25, -0.2) is 0 Å². The highest BCUT2D eigenvalue weighted by atomic mass is 16.5. The molecule has 92 valence electrons. The lowest BCUT2D eigenvalue weighted by Crippen LogP contribution is -1.96. The Hall–Kier alpha value is -2.36. The first kappa shape index (κ1) is 12.1. The number of hydrogen-bond acceptors (Lipinski definition) is 4. The van der Waals surface area contributed by atoms with Gasteiger partial charge in [-0.05, 0) is 31.2 Å². The number of carbonyl (C=O) groups excluding carboxylic acids is 2. The van der Waals surface area contributed by atoms with E-state index in [9.17, 15) is 9.59 Å². The van der Waals surface area contributed by atoms with Crippen molar-refractivity contribution in [3.05, 3.63) is 41.7 Å². The molecule has 4 nitrogen and oxygen atoms in total. The first-order valence-electron chi connectivity index (χ1n) is 5.56. The average molecular weight is 244 g/mol. The van der Waals surface area contributed by atoms with Gasteiger partial charge in [0.25, 0.3) is 0 Å². The number of rotatable bonds is 5. The predicted octanol–water partition coefficient (Wildman–Crippen LogP) is 2.97. The Bertz CT molecular complexity index is 569. The molecule has 0 fully saturated rings. The number of aldehydes is 2. The van der Waals surface area contributed by atoms with Crippen molar-refractivity contribution in [1.29, 1.82) is 0 Å². The third-order valence-electron chi connectivity index (χ3n) is 2.47. The third kappa shape index (κ3) is 2.32. The van der Waals surface area contributed by atoms with Crippen molar-refractivity contribution in [2.24, 2.45) is 0 Å². The van der Waals surface area contributed by atoms with E-state index in [1.807, 2.05) is 6.92 Å². The van der Waals surface area contributed by atoms with Crippen LogP contribution in [-0.2, 0) is 0 Å². The van der Waals surface area contributed by atoms with E-state index in [0.717, 1.165) is 11.8 Å². The van der Waals surface area contributed by atoms with Gasteiger partial charge >= 0.3 is 0 Å². The topological polar surface area (TPSA) is 56.5 Å². The molecule has 0 atom stereocenters. The van der Waals surface area contributed by atoms with Crippen LogP contribution in [-0.4, -0.2) is 19.2 Å². The lowest BCUT2D eigenvalue weighted by Gasteiger charge is -2.07. The van der Waals surface area contributed by atoms with Crippen molar-refractivity contribution >= 4 is 12.6 Å². The highest BCUT2D eigenvalue weighted by Gasteiger charge is 2.09. The summed E-state index contributed by atoms with van der Waals surface area (Å²) in [7, 11) is 0. The Morgan fingerprint density at radius 1 is 1.17 bits per heavy atom. The molecule has 2 rings (SSSR count). The molecule has 0 saturated heterocycles. The molecule has 0 aliphatic carbocycles. The zero-order valence-corrected chi connectivity index (χ0v) is 9.88. The second-order valence-electron chi connectivity index (χ2n) is 3.62. The van der Waals surface area contributed by atoms with Crippen molar-refractivity contribution in [1.82, 2.24) is 0 Å². The van der Waals surface area contributed by atoms with E-state index in [2.05, 4.69) is 0 Å². The van der Waals surface area contributed by atoms with Crippen molar-refractivity contribution < 1.29 is 18.7 Å². The standard InChI is InChI=1S/C14H12O4/c1-2-17-14-7-10(3-4-11(14)8-15)13-6-5-12(9-16)18-13/h3-9H,2H2,1H3. The van der Waals surface area contributed by atoms with Gasteiger partial charge in [0.2, 0.25) is 0 Å². The minimum absolute atomic E-state index is 0.266. The highest BCUT2D eigenvalue weighted by molar-refractivity contribution is 5.81. The monoisotopic (exact) mass is 244 g/mol. The molecule has 0 bridgehead atoms. The molecule has 18 heavy (non-hydrogen) atoms. The number of furan rings is 1. The molecule has 0 aliphatic heterocycles. The lowest BCUT2D eigenvalue weighted by atomic mass is 10.1. The van der Waals surface area contributed by atoms with Crippen LogP contribution in [0.25, 0.3) is 11.3 Å². The van der Waals surface area contributed by atoms with E-state index < -0.39 is 0 Å². The van der Waals surface area contributed by atoms with Crippen molar-refractivity contribution in [3.63, 3.8) is 0 Å². The Labute approximate surface area is 104 Å². The van der Waals surface area contributed by atoms with Crippen LogP contribution in [0.3, 0.4) is 0 Å². The normalized spacial score (nSPS) is 10.1. The molecule has 4 heteroatoms. The molecular formula is C14H12O4. The van der Waals surface area contributed by atoms with Gasteiger partial charge in [-0.2, -0.15) is 0 Å². The Kier molecular flexibility index (Phi) is 3.57. The molecule has 0 amide bonds. The molecule has 0 aliphatic rings. The summed E-state index contributed by atoms with van der Waals surface area (Å²) in [5, 5.41) is 0. The maximum Gasteiger partial charge on any atom is 0.185 e. The summed E-state index contributed by atoms with van der Waals surface area (Å²) >= 11 is 0. The van der Waals surface area contributed by atoms with Gasteiger partial charge in [0.15, 0.2) is 18.3 Å². The van der Waals surface area contributed by atoms with Crippen LogP contribution in [0.5, 0.6) is 5.75 Å². The first-order valence-corrected chi connectivity index (χ1v) is 5.56. The van der Waals surface area contributed by atoms with Crippen LogP contribution in [0.15, 0.2) is 34.7 Å². The van der Waals surface area contributed by atoms with E-state index in [0.29, 0.717) is 30.0 Å². The molecule has 1 heterocycles. The van der Waals surface area contributed by atoms with Gasteiger partial charge in [0.05, 0.1) is 12.2 Å². The van der Waals surface area contributed by atoms with Gasteiger partial charge < -0.3 is 9.15 Å². The third-order valence-corrected chi connectivity index (χ3v) is 2.47. The van der Waals surface area contributed by atoms with Gasteiger partial charge in [-0.3, -0.25) is 9.59 Å². The molecule has 0 saturated carbocycles. The van der Waals surface area contributed by atoms with E-state index >= 15 is 0 Å². The second kappa shape index (κ2) is 5.31. The van der Waals surface area contributed by atoms with Crippen LogP contribution in [0.2, 0.25) is 0 Å². The number of carbonyl (C=O) groups is 2. The second-order valence-corrected chi connectivity index (χ2v) is 3.62. The van der Waals surface area contributed by atoms with Crippen LogP contribution < -0.4 is 4.74 Å². The summed E-state index contributed by atoms with van der Waals surface area (Å²) in [5.74, 6) is 1.34. The maximum atomic E-state index is 10.9. The number of benzene rings is 1. The van der Waals surface area contributed by atoms with Crippen LogP contribution in [0, 0.1) is 0 Å². The minimum atomic E-state index is 0.266. The highest BCUT2D eigenvalue weighted by Crippen LogP contribution is 2.27. The fourth-order valence-corrected chi connectivity index (χ4v) is 1.64. The van der Waals surface area contributed by atoms with E-state index in [1.165, 1.54) is 0 Å². The summed E-state index contributed by atoms with van der Waals surface area (Å²) in [4.78, 5) is 21.4. The lowest BCUT2D eigenvalue weighted by molar-refractivity contribution is 0.109. The fraction of sp³-hybridized carbons (Fsp3) is 0.143. The summed E-state index contributed by atoms with van der Waals surface area (Å²) in [6, 6.07) is 8.43. The largest absolute Gasteiger partial charge is 0.493 e. The van der Waals surface area contributed by atoms with E-state index in [1.54, 1.807) is 30.3 Å². The van der Waals surface area contributed by atoms with Gasteiger partial charge in [0.1, 0.15) is 11.5 Å². The van der Waals surface area contributed by atoms with Crippen LogP contribution >= 0.6 is 0 Å². The molecule has 1 aromatic carbocycles. The summed E-state index contributed by atoms with van der Waals surface area (Å²) in [5.41, 5.74) is 1.25. The molecule has 0 unspecified atom stereocenters. The van der Waals surface area contributed by atoms with Gasteiger partial charge in [-0.1, -0.05) is 6.07 Å². The zero-order chi connectivity index (χ0) is 13.0. The Morgan fingerprint density at radius 2 is 2.00 bits per heavy atom. The van der Waals surface area contributed by atoms with E-state index in [4.69, 9.17) is 9.15 Å². The van der Waals surface area contributed by atoms with Crippen molar-refractivity contribution in [2.45, 2.75) is 6.92 Å². The molecule has 0 spiro atoms. The minimum Gasteiger partial charge on any atom is -0.493 e. The smallest absolute Gasteiger partial charge is 0.185 e. The molecule has 0 radical (unpaired) electrons. The van der Waals surface area contributed by atoms with Gasteiger partial charge in [-0.15, -0.1) is 0 Å². The average Bonchev–Trinajstić information content (AvgIpc) is 2.88. The summed E-state index contributed by atoms with van der Waals surface area (Å²) in [6.45, 7) is 2.32. The van der Waals surface area contributed by atoms with E-state index in [-0.39, 0.29) is 5.76 Å². The Balaban J connectivity index is 2.42. The molecule has 2 aromatic rings. The summed E-state index contributed by atoms with van der Waals surface area (Å²) in [6.07, 6.45) is 1.39. The molecule has 1 aromatic heterocycles. The quantitative estimate of drug-likeness (QED) is 0.759. The number of hydrogen-bond donors (Lipinski definition) is 0. The van der Waals surface area contributed by atoms with Crippen molar-refractivity contribution in [3.8, 4) is 17.1 Å². The molecular weight excluding hydrogens is 232 g/mol. The molecule has 0 N–H and O–H groups in total.